The Hall–Kier alpha value is -2.78. The van der Waals surface area contributed by atoms with E-state index < -0.39 is 10.0 Å². The van der Waals surface area contributed by atoms with Crippen molar-refractivity contribution in [1.82, 2.24) is 9.62 Å². The van der Waals surface area contributed by atoms with Crippen LogP contribution in [0.4, 0.5) is 5.69 Å². The fourth-order valence-corrected chi connectivity index (χ4v) is 5.50. The highest BCUT2D eigenvalue weighted by atomic mass is 32.2. The molecule has 0 bridgehead atoms. The van der Waals surface area contributed by atoms with Gasteiger partial charge in [0.05, 0.1) is 11.9 Å². The number of carbonyl (C=O) groups is 1. The molecule has 9 heteroatoms. The first-order valence-electron chi connectivity index (χ1n) is 9.58. The Bertz CT molecular complexity index is 1060. The van der Waals surface area contributed by atoms with Crippen LogP contribution in [0.5, 0.6) is 11.5 Å². The molecule has 5 rings (SSSR count). The Kier molecular flexibility index (Phi) is 4.36. The minimum absolute atomic E-state index is 0.0516. The van der Waals surface area contributed by atoms with Crippen molar-refractivity contribution in [3.8, 4) is 11.5 Å². The molecule has 1 amide bonds. The molecule has 8 nitrogen and oxygen atoms in total. The molecule has 0 aromatic heterocycles. The average molecular weight is 415 g/mol. The third kappa shape index (κ3) is 3.30. The van der Waals surface area contributed by atoms with E-state index in [0.29, 0.717) is 48.7 Å². The topological polar surface area (TPSA) is 97.0 Å². The summed E-state index contributed by atoms with van der Waals surface area (Å²) < 4.78 is 38.5. The zero-order chi connectivity index (χ0) is 20.0. The van der Waals surface area contributed by atoms with Crippen LogP contribution >= 0.6 is 0 Å². The second-order valence-electron chi connectivity index (χ2n) is 7.44. The van der Waals surface area contributed by atoms with Crippen LogP contribution in [-0.4, -0.2) is 45.3 Å². The van der Waals surface area contributed by atoms with Crippen LogP contribution in [0.25, 0.3) is 0 Å². The maximum atomic E-state index is 12.9. The van der Waals surface area contributed by atoms with Gasteiger partial charge in [-0.05, 0) is 49.1 Å². The zero-order valence-electron chi connectivity index (χ0n) is 15.6. The van der Waals surface area contributed by atoms with Crippen LogP contribution in [-0.2, 0) is 10.0 Å². The van der Waals surface area contributed by atoms with E-state index in [-0.39, 0.29) is 29.7 Å². The van der Waals surface area contributed by atoms with Crippen LogP contribution < -0.4 is 19.5 Å². The van der Waals surface area contributed by atoms with Gasteiger partial charge in [0.25, 0.3) is 5.91 Å². The number of carbonyl (C=O) groups excluding carboxylic acids is 1. The lowest BCUT2D eigenvalue weighted by atomic mass is 9.93. The number of ether oxygens (including phenoxy) is 2. The summed E-state index contributed by atoms with van der Waals surface area (Å²) in [6, 6.07) is 12.1. The number of amides is 1. The Balaban J connectivity index is 1.26. The lowest BCUT2D eigenvalue weighted by Crippen LogP contribution is -2.52. The molecule has 0 spiro atoms. The summed E-state index contributed by atoms with van der Waals surface area (Å²) in [6.07, 6.45) is 1.04. The molecule has 0 radical (unpaired) electrons. The predicted molar refractivity (Wildman–Crippen MR) is 105 cm³/mol. The molecule has 0 aliphatic carbocycles. The highest BCUT2D eigenvalue weighted by Gasteiger charge is 2.36. The molecule has 0 saturated carbocycles. The van der Waals surface area contributed by atoms with Crippen LogP contribution in [0.3, 0.4) is 0 Å². The smallest absolute Gasteiger partial charge is 0.253 e. The number of sulfonamides is 1. The molecule has 3 aliphatic heterocycles. The van der Waals surface area contributed by atoms with Gasteiger partial charge in [-0.1, -0.05) is 12.1 Å². The molecule has 1 atom stereocenters. The number of nitrogens with one attached hydrogen (secondary N) is 2. The minimum atomic E-state index is -3.54. The van der Waals surface area contributed by atoms with Gasteiger partial charge < -0.3 is 19.7 Å². The summed E-state index contributed by atoms with van der Waals surface area (Å²) in [7, 11) is -3.54. The van der Waals surface area contributed by atoms with E-state index in [1.54, 1.807) is 41.3 Å². The lowest BCUT2D eigenvalue weighted by Gasteiger charge is -2.38. The molecular formula is C20H21N3O5S. The Morgan fingerprint density at radius 1 is 1.03 bits per heavy atom. The summed E-state index contributed by atoms with van der Waals surface area (Å²) >= 11 is 0. The quantitative estimate of drug-likeness (QED) is 0.779. The zero-order valence-corrected chi connectivity index (χ0v) is 16.4. The molecule has 3 heterocycles. The fraction of sp³-hybridized carbons (Fsp3) is 0.350. The average Bonchev–Trinajstić information content (AvgIpc) is 3.21. The first-order chi connectivity index (χ1) is 14.0. The van der Waals surface area contributed by atoms with E-state index in [1.807, 2.05) is 6.07 Å². The van der Waals surface area contributed by atoms with Gasteiger partial charge in [0.1, 0.15) is 4.90 Å². The fourth-order valence-electron chi connectivity index (χ4n) is 4.11. The van der Waals surface area contributed by atoms with Crippen LogP contribution in [0, 0.1) is 5.92 Å². The van der Waals surface area contributed by atoms with Crippen LogP contribution in [0.2, 0.25) is 0 Å². The molecule has 2 aromatic carbocycles. The van der Waals surface area contributed by atoms with E-state index in [1.165, 1.54) is 0 Å². The maximum absolute atomic E-state index is 12.9. The predicted octanol–water partition coefficient (Wildman–Crippen LogP) is 2.00. The molecule has 1 unspecified atom stereocenters. The molecule has 3 aliphatic rings. The first kappa shape index (κ1) is 18.3. The van der Waals surface area contributed by atoms with Gasteiger partial charge in [-0.3, -0.25) is 4.79 Å². The summed E-state index contributed by atoms with van der Waals surface area (Å²) in [5, 5.41) is 3.30. The summed E-state index contributed by atoms with van der Waals surface area (Å²) in [5.74, 6) is 1.28. The molecule has 1 saturated heterocycles. The second-order valence-corrected chi connectivity index (χ2v) is 9.12. The Morgan fingerprint density at radius 3 is 2.62 bits per heavy atom. The summed E-state index contributed by atoms with van der Waals surface area (Å²) in [4.78, 5) is 14.9. The van der Waals surface area contributed by atoms with E-state index in [0.717, 1.165) is 0 Å². The van der Waals surface area contributed by atoms with Gasteiger partial charge in [-0.25, -0.2) is 8.42 Å². The number of anilines is 1. The van der Waals surface area contributed by atoms with Crippen molar-refractivity contribution >= 4 is 21.6 Å². The second kappa shape index (κ2) is 6.93. The van der Waals surface area contributed by atoms with E-state index in [2.05, 4.69) is 10.0 Å². The number of piperidine rings is 1. The monoisotopic (exact) mass is 415 g/mol. The number of nitrogens with zero attached hydrogens (tertiary/aromatic N) is 1. The van der Waals surface area contributed by atoms with Crippen molar-refractivity contribution in [3.63, 3.8) is 0 Å². The van der Waals surface area contributed by atoms with Crippen molar-refractivity contribution in [2.75, 3.05) is 25.2 Å². The van der Waals surface area contributed by atoms with E-state index in [9.17, 15) is 13.2 Å². The molecule has 152 valence electrons. The van der Waals surface area contributed by atoms with Gasteiger partial charge in [0.2, 0.25) is 16.8 Å². The van der Waals surface area contributed by atoms with E-state index in [4.69, 9.17) is 9.47 Å². The molecule has 2 N–H and O–H groups in total. The third-order valence-electron chi connectivity index (χ3n) is 5.69. The molecule has 1 fully saturated rings. The minimum Gasteiger partial charge on any atom is -0.454 e. The van der Waals surface area contributed by atoms with Crippen molar-refractivity contribution in [2.24, 2.45) is 5.92 Å². The highest BCUT2D eigenvalue weighted by molar-refractivity contribution is 7.89. The van der Waals surface area contributed by atoms with Crippen molar-refractivity contribution in [3.05, 3.63) is 48.0 Å². The van der Waals surface area contributed by atoms with Gasteiger partial charge >= 0.3 is 0 Å². The normalized spacial score (nSPS) is 22.6. The summed E-state index contributed by atoms with van der Waals surface area (Å²) in [5.41, 5.74) is 1.19. The SMILES string of the molecule is O=C(c1ccc2c(c1)OCO2)N1CCC(C2Nc3ccccc3S(=O)(=O)N2)CC1. The number of benzene rings is 2. The van der Waals surface area contributed by atoms with Crippen LogP contribution in [0.1, 0.15) is 23.2 Å². The number of para-hydroxylation sites is 1. The van der Waals surface area contributed by atoms with Gasteiger partial charge in [-0.15, -0.1) is 0 Å². The van der Waals surface area contributed by atoms with Gasteiger partial charge in [0, 0.05) is 18.7 Å². The number of rotatable bonds is 2. The first-order valence-corrected chi connectivity index (χ1v) is 11.1. The Morgan fingerprint density at radius 2 is 1.79 bits per heavy atom. The molecular weight excluding hydrogens is 394 g/mol. The summed E-state index contributed by atoms with van der Waals surface area (Å²) in [6.45, 7) is 1.31. The van der Waals surface area contributed by atoms with Crippen molar-refractivity contribution in [2.45, 2.75) is 23.9 Å². The van der Waals surface area contributed by atoms with Gasteiger partial charge in [-0.2, -0.15) is 4.72 Å². The van der Waals surface area contributed by atoms with Gasteiger partial charge in [0.15, 0.2) is 11.5 Å². The van der Waals surface area contributed by atoms with Crippen molar-refractivity contribution < 1.29 is 22.7 Å². The standard InChI is InChI=1S/C20H21N3O5S/c24-20(14-5-6-16-17(11-14)28-12-27-16)23-9-7-13(8-10-23)19-21-15-3-1-2-4-18(15)29(25,26)22-19/h1-6,11,13,19,21-22H,7-10,12H2. The number of fused-ring (bicyclic) bond motifs is 2. The Labute approximate surface area is 168 Å². The number of hydrogen-bond acceptors (Lipinski definition) is 6. The largest absolute Gasteiger partial charge is 0.454 e. The lowest BCUT2D eigenvalue weighted by molar-refractivity contribution is 0.0679. The molecule has 2 aromatic rings. The molecule has 29 heavy (non-hydrogen) atoms. The van der Waals surface area contributed by atoms with E-state index >= 15 is 0 Å². The number of hydrogen-bond donors (Lipinski definition) is 2. The third-order valence-corrected chi connectivity index (χ3v) is 7.19. The highest BCUT2D eigenvalue weighted by Crippen LogP contribution is 2.34. The number of likely N-dealkylation sites (tertiary alicyclic amines) is 1. The van der Waals surface area contributed by atoms with Crippen LogP contribution in [0.15, 0.2) is 47.4 Å². The van der Waals surface area contributed by atoms with Crippen molar-refractivity contribution in [1.29, 1.82) is 0 Å². The maximum Gasteiger partial charge on any atom is 0.253 e.